The topological polar surface area (TPSA) is 151 Å². The van der Waals surface area contributed by atoms with E-state index in [2.05, 4.69) is 15.4 Å². The number of carbonyl (C=O) groups excluding carboxylic acids is 1. The summed E-state index contributed by atoms with van der Waals surface area (Å²) in [6.07, 6.45) is -0.512. The van der Waals surface area contributed by atoms with Crippen LogP contribution in [-0.2, 0) is 17.8 Å². The summed E-state index contributed by atoms with van der Waals surface area (Å²) >= 11 is 0. The fourth-order valence-corrected chi connectivity index (χ4v) is 3.12. The smallest absolute Gasteiger partial charge is 0.328 e. The van der Waals surface area contributed by atoms with E-state index in [1.165, 1.54) is 16.8 Å². The minimum Gasteiger partial charge on any atom is -0.388 e. The zero-order chi connectivity index (χ0) is 20.4. The molecule has 0 aromatic carbocycles. The van der Waals surface area contributed by atoms with Crippen LogP contribution in [0.15, 0.2) is 28.0 Å². The van der Waals surface area contributed by atoms with Crippen LogP contribution in [0.5, 0.6) is 0 Å². The number of aromatic nitrogens is 4. The van der Waals surface area contributed by atoms with Crippen molar-refractivity contribution in [1.82, 2.24) is 24.6 Å². The van der Waals surface area contributed by atoms with E-state index in [-0.39, 0.29) is 13.2 Å². The van der Waals surface area contributed by atoms with Gasteiger partial charge in [-0.3, -0.25) is 23.8 Å². The van der Waals surface area contributed by atoms with Crippen molar-refractivity contribution in [1.29, 1.82) is 0 Å². The highest BCUT2D eigenvalue weighted by Crippen LogP contribution is 2.18. The number of hydrogen-bond donors (Lipinski definition) is 4. The number of aliphatic hydroxyl groups excluding tert-OH is 2. The minimum absolute atomic E-state index is 0.0479. The van der Waals surface area contributed by atoms with Crippen LogP contribution in [0, 0.1) is 6.92 Å². The van der Waals surface area contributed by atoms with E-state index < -0.39 is 41.5 Å². The molecule has 11 nitrogen and oxygen atoms in total. The third kappa shape index (κ3) is 4.06. The maximum absolute atomic E-state index is 12.3. The summed E-state index contributed by atoms with van der Waals surface area (Å²) in [5.74, 6) is -0.439. The molecule has 152 valence electrons. The Morgan fingerprint density at radius 2 is 2.14 bits per heavy atom. The van der Waals surface area contributed by atoms with Crippen molar-refractivity contribution < 1.29 is 19.7 Å². The van der Waals surface area contributed by atoms with Gasteiger partial charge in [-0.05, 0) is 13.8 Å². The summed E-state index contributed by atoms with van der Waals surface area (Å²) in [6, 6.07) is 0.434. The van der Waals surface area contributed by atoms with E-state index in [0.717, 1.165) is 0 Å². The molecule has 2 aromatic heterocycles. The maximum Gasteiger partial charge on any atom is 0.328 e. The van der Waals surface area contributed by atoms with Gasteiger partial charge in [-0.1, -0.05) is 0 Å². The van der Waals surface area contributed by atoms with Crippen LogP contribution in [-0.4, -0.2) is 66.4 Å². The van der Waals surface area contributed by atoms with Crippen LogP contribution in [0.2, 0.25) is 0 Å². The molecule has 1 aliphatic heterocycles. The standard InChI is InChI=1S/C17H23N5O6/c1-3-21-6-10(5-18-21)16(26)19-11-8-28-12(15(25)14(11)24)7-22-9(2)4-13(23)20-17(22)27/h4-6,11-12,14-15,24-25H,3,7-8H2,1-2H3,(H,19,26)(H,20,23,27)/t11-,12-,14+,15-/m1/s1. The highest BCUT2D eigenvalue weighted by atomic mass is 16.5. The fraction of sp³-hybridized carbons (Fsp3) is 0.529. The van der Waals surface area contributed by atoms with Crippen LogP contribution in [0.1, 0.15) is 23.0 Å². The fourth-order valence-electron chi connectivity index (χ4n) is 3.12. The molecule has 0 saturated carbocycles. The lowest BCUT2D eigenvalue weighted by molar-refractivity contribution is -0.152. The Morgan fingerprint density at radius 3 is 2.79 bits per heavy atom. The summed E-state index contributed by atoms with van der Waals surface area (Å²) in [5, 5.41) is 27.4. The third-order valence-corrected chi connectivity index (χ3v) is 4.77. The molecule has 0 spiro atoms. The number of ether oxygens (including phenoxy) is 1. The first-order valence-electron chi connectivity index (χ1n) is 8.92. The van der Waals surface area contributed by atoms with Crippen LogP contribution in [0.3, 0.4) is 0 Å². The highest BCUT2D eigenvalue weighted by molar-refractivity contribution is 5.93. The molecule has 28 heavy (non-hydrogen) atoms. The Balaban J connectivity index is 1.66. The van der Waals surface area contributed by atoms with Crippen molar-refractivity contribution in [3.8, 4) is 0 Å². The number of aryl methyl sites for hydroxylation is 2. The van der Waals surface area contributed by atoms with Crippen LogP contribution >= 0.6 is 0 Å². The first-order chi connectivity index (χ1) is 13.3. The number of carbonyl (C=O) groups is 1. The molecule has 1 saturated heterocycles. The maximum atomic E-state index is 12.3. The largest absolute Gasteiger partial charge is 0.388 e. The first-order valence-corrected chi connectivity index (χ1v) is 8.92. The number of aromatic amines is 1. The van der Waals surface area contributed by atoms with Gasteiger partial charge in [-0.15, -0.1) is 0 Å². The van der Waals surface area contributed by atoms with Gasteiger partial charge < -0.3 is 20.3 Å². The molecule has 4 atom stereocenters. The van der Waals surface area contributed by atoms with Crippen molar-refractivity contribution in [3.63, 3.8) is 0 Å². The lowest BCUT2D eigenvalue weighted by atomic mass is 9.97. The lowest BCUT2D eigenvalue weighted by Crippen LogP contribution is -2.60. The second kappa shape index (κ2) is 8.09. The van der Waals surface area contributed by atoms with Gasteiger partial charge in [0.1, 0.15) is 18.3 Å². The van der Waals surface area contributed by atoms with Crippen LogP contribution in [0.25, 0.3) is 0 Å². The number of nitrogens with zero attached hydrogens (tertiary/aromatic N) is 3. The van der Waals surface area contributed by atoms with Crippen molar-refractivity contribution >= 4 is 5.91 Å². The summed E-state index contributed by atoms with van der Waals surface area (Å²) < 4.78 is 8.43. The molecule has 0 aliphatic carbocycles. The molecule has 4 N–H and O–H groups in total. The second-order valence-corrected chi connectivity index (χ2v) is 6.71. The predicted octanol–water partition coefficient (Wildman–Crippen LogP) is -2.02. The molecule has 11 heteroatoms. The SMILES string of the molecule is CCn1cc(C(=O)N[C@@H]2CO[C@H](Cn3c(C)cc(=O)[nH]c3=O)[C@@H](O)[C@H]2O)cn1. The molecule has 0 bridgehead atoms. The zero-order valence-electron chi connectivity index (χ0n) is 15.5. The predicted molar refractivity (Wildman–Crippen MR) is 97.0 cm³/mol. The molecular weight excluding hydrogens is 370 g/mol. The number of amides is 1. The Labute approximate surface area is 159 Å². The number of H-pyrrole nitrogens is 1. The number of nitrogens with one attached hydrogen (secondary N) is 2. The van der Waals surface area contributed by atoms with Gasteiger partial charge >= 0.3 is 5.69 Å². The van der Waals surface area contributed by atoms with Crippen LogP contribution in [0.4, 0.5) is 0 Å². The Morgan fingerprint density at radius 1 is 1.39 bits per heavy atom. The Kier molecular flexibility index (Phi) is 5.77. The second-order valence-electron chi connectivity index (χ2n) is 6.71. The van der Waals surface area contributed by atoms with Gasteiger partial charge in [0.15, 0.2) is 0 Å². The average molecular weight is 393 g/mol. The van der Waals surface area contributed by atoms with Gasteiger partial charge in [0.25, 0.3) is 11.5 Å². The quantitative estimate of drug-likeness (QED) is 0.458. The third-order valence-electron chi connectivity index (χ3n) is 4.77. The molecule has 3 rings (SSSR count). The molecule has 2 aromatic rings. The molecule has 1 aliphatic rings. The van der Waals surface area contributed by atoms with Crippen LogP contribution < -0.4 is 16.6 Å². The molecule has 0 radical (unpaired) electrons. The van der Waals surface area contributed by atoms with E-state index in [4.69, 9.17) is 4.74 Å². The highest BCUT2D eigenvalue weighted by Gasteiger charge is 2.39. The molecule has 0 unspecified atom stereocenters. The summed E-state index contributed by atoms with van der Waals surface area (Å²) in [7, 11) is 0. The Bertz CT molecular complexity index is 963. The average Bonchev–Trinajstić information content (AvgIpc) is 3.13. The molecular formula is C17H23N5O6. The number of hydrogen-bond acceptors (Lipinski definition) is 7. The van der Waals surface area contributed by atoms with Gasteiger partial charge in [0.05, 0.1) is 31.0 Å². The van der Waals surface area contributed by atoms with E-state index in [9.17, 15) is 24.6 Å². The zero-order valence-corrected chi connectivity index (χ0v) is 15.5. The number of rotatable bonds is 5. The minimum atomic E-state index is -1.34. The van der Waals surface area contributed by atoms with Gasteiger partial charge in [-0.2, -0.15) is 5.10 Å². The lowest BCUT2D eigenvalue weighted by Gasteiger charge is -2.38. The van der Waals surface area contributed by atoms with Gasteiger partial charge in [0.2, 0.25) is 0 Å². The normalized spacial score (nSPS) is 24.9. The monoisotopic (exact) mass is 393 g/mol. The van der Waals surface area contributed by atoms with Crippen molar-refractivity contribution in [3.05, 3.63) is 50.6 Å². The summed E-state index contributed by atoms with van der Waals surface area (Å²) in [4.78, 5) is 37.7. The number of aliphatic hydroxyl groups is 2. The van der Waals surface area contributed by atoms with E-state index >= 15 is 0 Å². The molecule has 1 amide bonds. The van der Waals surface area contributed by atoms with Crippen molar-refractivity contribution in [2.24, 2.45) is 0 Å². The van der Waals surface area contributed by atoms with E-state index in [1.54, 1.807) is 17.8 Å². The van der Waals surface area contributed by atoms with Gasteiger partial charge in [0, 0.05) is 24.5 Å². The summed E-state index contributed by atoms with van der Waals surface area (Å²) in [6.45, 7) is 3.99. The van der Waals surface area contributed by atoms with Crippen molar-refractivity contribution in [2.75, 3.05) is 6.61 Å². The van der Waals surface area contributed by atoms with Crippen molar-refractivity contribution in [2.45, 2.75) is 51.3 Å². The van der Waals surface area contributed by atoms with Gasteiger partial charge in [-0.25, -0.2) is 4.79 Å². The molecule has 3 heterocycles. The first kappa shape index (κ1) is 20.0. The summed E-state index contributed by atoms with van der Waals surface area (Å²) in [5.41, 5.74) is -0.403. The Hall–Kier alpha value is -2.76. The van der Waals surface area contributed by atoms with E-state index in [1.807, 2.05) is 6.92 Å². The molecule has 1 fully saturated rings. The van der Waals surface area contributed by atoms with E-state index in [0.29, 0.717) is 17.8 Å².